The van der Waals surface area contributed by atoms with Gasteiger partial charge >= 0.3 is 6.03 Å². The Morgan fingerprint density at radius 2 is 1.79 bits per heavy atom. The first-order valence-electron chi connectivity index (χ1n) is 5.37. The van der Waals surface area contributed by atoms with Crippen LogP contribution in [0.1, 0.15) is 0 Å². The van der Waals surface area contributed by atoms with Gasteiger partial charge in [0.2, 0.25) is 0 Å². The van der Waals surface area contributed by atoms with Gasteiger partial charge in [0.15, 0.2) is 0 Å². The van der Waals surface area contributed by atoms with Crippen molar-refractivity contribution in [1.82, 2.24) is 9.44 Å². The molecule has 2 aromatic carbocycles. The molecule has 100 valence electrons. The quantitative estimate of drug-likeness (QED) is 0.851. The SMILES string of the molecule is CSNC(=O)NS(=O)(=O)c1ccc2ccccc2c1. The smallest absolute Gasteiger partial charge is 0.281 e. The van der Waals surface area contributed by atoms with E-state index in [0.29, 0.717) is 0 Å². The molecule has 0 aromatic heterocycles. The van der Waals surface area contributed by atoms with Crippen LogP contribution < -0.4 is 9.44 Å². The second-order valence-corrected chi connectivity index (χ2v) is 6.04. The highest BCUT2D eigenvalue weighted by Gasteiger charge is 2.17. The van der Waals surface area contributed by atoms with E-state index in [1.165, 1.54) is 12.1 Å². The highest BCUT2D eigenvalue weighted by molar-refractivity contribution is 7.97. The molecule has 7 heteroatoms. The van der Waals surface area contributed by atoms with Crippen molar-refractivity contribution in [2.45, 2.75) is 4.90 Å². The third-order valence-electron chi connectivity index (χ3n) is 2.45. The molecule has 2 aromatic rings. The van der Waals surface area contributed by atoms with E-state index in [4.69, 9.17) is 0 Å². The van der Waals surface area contributed by atoms with Crippen LogP contribution in [-0.2, 0) is 10.0 Å². The first kappa shape index (κ1) is 13.7. The number of nitrogens with one attached hydrogen (secondary N) is 2. The standard InChI is InChI=1S/C12H12N2O3S2/c1-18-13-12(15)14-19(16,17)11-7-6-9-4-2-3-5-10(9)8-11/h2-8H,1H3,(H2,13,14,15). The van der Waals surface area contributed by atoms with E-state index in [2.05, 4.69) is 4.72 Å². The summed E-state index contributed by atoms with van der Waals surface area (Å²) in [7, 11) is -3.85. The minimum absolute atomic E-state index is 0.0578. The number of carbonyl (C=O) groups excluding carboxylic acids is 1. The van der Waals surface area contributed by atoms with Crippen LogP contribution >= 0.6 is 11.9 Å². The molecule has 0 heterocycles. The van der Waals surface area contributed by atoms with E-state index in [9.17, 15) is 13.2 Å². The van der Waals surface area contributed by atoms with Crippen LogP contribution in [0.3, 0.4) is 0 Å². The summed E-state index contributed by atoms with van der Waals surface area (Å²) in [6.45, 7) is 0. The van der Waals surface area contributed by atoms with Gasteiger partial charge in [-0.2, -0.15) is 0 Å². The molecule has 0 saturated carbocycles. The molecular formula is C12H12N2O3S2. The van der Waals surface area contributed by atoms with Crippen molar-refractivity contribution in [3.63, 3.8) is 0 Å². The second-order valence-electron chi connectivity index (χ2n) is 3.75. The Hall–Kier alpha value is -1.73. The Balaban J connectivity index is 2.35. The summed E-state index contributed by atoms with van der Waals surface area (Å²) < 4.78 is 28.2. The third-order valence-corrected chi connectivity index (χ3v) is 4.17. The summed E-state index contributed by atoms with van der Waals surface area (Å²) in [6.07, 6.45) is 1.63. The van der Waals surface area contributed by atoms with Crippen LogP contribution in [0.25, 0.3) is 10.8 Å². The Bertz CT molecular complexity index is 714. The van der Waals surface area contributed by atoms with E-state index in [-0.39, 0.29) is 4.90 Å². The van der Waals surface area contributed by atoms with Crippen molar-refractivity contribution in [3.05, 3.63) is 42.5 Å². The van der Waals surface area contributed by atoms with E-state index >= 15 is 0 Å². The van der Waals surface area contributed by atoms with Gasteiger partial charge in [0.25, 0.3) is 10.0 Å². The first-order chi connectivity index (χ1) is 9.03. The van der Waals surface area contributed by atoms with E-state index in [0.717, 1.165) is 22.7 Å². The van der Waals surface area contributed by atoms with E-state index < -0.39 is 16.1 Å². The summed E-state index contributed by atoms with van der Waals surface area (Å²) in [5.41, 5.74) is 0. The molecule has 2 amide bonds. The molecule has 0 aliphatic heterocycles. The molecule has 0 saturated heterocycles. The summed E-state index contributed by atoms with van der Waals surface area (Å²) in [5.74, 6) is 0. The van der Waals surface area contributed by atoms with Gasteiger partial charge in [0.05, 0.1) is 4.90 Å². The number of fused-ring (bicyclic) bond motifs is 1. The number of hydrogen-bond acceptors (Lipinski definition) is 4. The fraction of sp³-hybridized carbons (Fsp3) is 0.0833. The van der Waals surface area contributed by atoms with Crippen LogP contribution in [0.2, 0.25) is 0 Å². The highest BCUT2D eigenvalue weighted by atomic mass is 32.2. The van der Waals surface area contributed by atoms with Crippen molar-refractivity contribution >= 4 is 38.8 Å². The van der Waals surface area contributed by atoms with Gasteiger partial charge in [-0.25, -0.2) is 17.9 Å². The molecule has 2 rings (SSSR count). The monoisotopic (exact) mass is 296 g/mol. The van der Waals surface area contributed by atoms with E-state index in [1.54, 1.807) is 12.3 Å². The van der Waals surface area contributed by atoms with Crippen LogP contribution in [-0.4, -0.2) is 20.7 Å². The molecule has 0 unspecified atom stereocenters. The van der Waals surface area contributed by atoms with Crippen molar-refractivity contribution in [3.8, 4) is 0 Å². The Morgan fingerprint density at radius 3 is 2.47 bits per heavy atom. The molecule has 0 radical (unpaired) electrons. The molecule has 0 aliphatic carbocycles. The molecular weight excluding hydrogens is 284 g/mol. The summed E-state index contributed by atoms with van der Waals surface area (Å²) >= 11 is 1.02. The number of hydrogen-bond donors (Lipinski definition) is 2. The largest absolute Gasteiger partial charge is 0.338 e. The molecule has 0 fully saturated rings. The molecule has 2 N–H and O–H groups in total. The van der Waals surface area contributed by atoms with Crippen molar-refractivity contribution in [2.75, 3.05) is 6.26 Å². The number of benzene rings is 2. The molecule has 0 aliphatic rings. The zero-order valence-electron chi connectivity index (χ0n) is 10.1. The average Bonchev–Trinajstić information content (AvgIpc) is 2.37. The van der Waals surface area contributed by atoms with Crippen molar-refractivity contribution < 1.29 is 13.2 Å². The molecule has 19 heavy (non-hydrogen) atoms. The minimum atomic E-state index is -3.85. The predicted octanol–water partition coefficient (Wildman–Crippen LogP) is 2.11. The maximum Gasteiger partial charge on any atom is 0.338 e. The Labute approximate surface area is 115 Å². The van der Waals surface area contributed by atoms with Crippen LogP contribution in [0.15, 0.2) is 47.4 Å². The van der Waals surface area contributed by atoms with Gasteiger partial charge in [0, 0.05) is 6.26 Å². The number of rotatable bonds is 3. The van der Waals surface area contributed by atoms with Gasteiger partial charge in [-0.05, 0) is 22.9 Å². The zero-order valence-corrected chi connectivity index (χ0v) is 11.7. The fourth-order valence-corrected chi connectivity index (χ4v) is 2.87. The van der Waals surface area contributed by atoms with Gasteiger partial charge in [0.1, 0.15) is 0 Å². The number of carbonyl (C=O) groups is 1. The van der Waals surface area contributed by atoms with Gasteiger partial charge < -0.3 is 0 Å². The number of sulfonamides is 1. The summed E-state index contributed by atoms with van der Waals surface area (Å²) in [6, 6.07) is 11.3. The van der Waals surface area contributed by atoms with Crippen molar-refractivity contribution in [1.29, 1.82) is 0 Å². The molecule has 0 bridgehead atoms. The maximum atomic E-state index is 12.0. The lowest BCUT2D eigenvalue weighted by Gasteiger charge is -2.07. The average molecular weight is 296 g/mol. The lowest BCUT2D eigenvalue weighted by atomic mass is 10.1. The molecule has 5 nitrogen and oxygen atoms in total. The Morgan fingerprint density at radius 1 is 1.11 bits per heavy atom. The predicted molar refractivity (Wildman–Crippen MR) is 76.3 cm³/mol. The van der Waals surface area contributed by atoms with Crippen LogP contribution in [0.5, 0.6) is 0 Å². The lowest BCUT2D eigenvalue weighted by Crippen LogP contribution is -2.36. The fourth-order valence-electron chi connectivity index (χ4n) is 1.63. The van der Waals surface area contributed by atoms with Gasteiger partial charge in [-0.3, -0.25) is 4.72 Å². The Kier molecular flexibility index (Phi) is 3.96. The topological polar surface area (TPSA) is 75.3 Å². The number of urea groups is 1. The summed E-state index contributed by atoms with van der Waals surface area (Å²) in [4.78, 5) is 11.3. The minimum Gasteiger partial charge on any atom is -0.281 e. The molecule has 0 spiro atoms. The maximum absolute atomic E-state index is 12.0. The van der Waals surface area contributed by atoms with E-state index in [1.807, 2.05) is 29.0 Å². The van der Waals surface area contributed by atoms with Gasteiger partial charge in [-0.15, -0.1) is 0 Å². The van der Waals surface area contributed by atoms with Crippen LogP contribution in [0.4, 0.5) is 4.79 Å². The van der Waals surface area contributed by atoms with Gasteiger partial charge in [-0.1, -0.05) is 42.3 Å². The second kappa shape index (κ2) is 5.50. The third kappa shape index (κ3) is 3.18. The summed E-state index contributed by atoms with van der Waals surface area (Å²) in [5, 5.41) is 1.74. The first-order valence-corrected chi connectivity index (χ1v) is 8.08. The molecule has 0 atom stereocenters. The zero-order chi connectivity index (χ0) is 13.9. The lowest BCUT2D eigenvalue weighted by molar-refractivity contribution is 0.251. The highest BCUT2D eigenvalue weighted by Crippen LogP contribution is 2.18. The normalized spacial score (nSPS) is 11.2. The van der Waals surface area contributed by atoms with Crippen LogP contribution in [0, 0.1) is 0 Å². The van der Waals surface area contributed by atoms with Crippen molar-refractivity contribution in [2.24, 2.45) is 0 Å². The number of amides is 2.